The monoisotopic (exact) mass is 231 g/mol. The van der Waals surface area contributed by atoms with Crippen molar-refractivity contribution in [2.24, 2.45) is 0 Å². The average Bonchev–Trinajstić information content (AvgIpc) is 2.01. The summed E-state index contributed by atoms with van der Waals surface area (Å²) in [6, 6.07) is 0. The van der Waals surface area contributed by atoms with E-state index in [1.807, 2.05) is 27.7 Å². The molecule has 79 valence electrons. The Labute approximate surface area is 99.3 Å². The minimum absolute atomic E-state index is 0.119. The molecule has 0 heterocycles. The van der Waals surface area contributed by atoms with Gasteiger partial charge in [-0.05, 0) is 33.8 Å². The third-order valence-electron chi connectivity index (χ3n) is 1.23. The summed E-state index contributed by atoms with van der Waals surface area (Å²) in [5.41, 5.74) is 1.43. The number of allylic oxidation sites excluding steroid dienone is 1. The Morgan fingerprint density at radius 3 is 2.00 bits per heavy atom. The lowest BCUT2D eigenvalue weighted by molar-refractivity contribution is 0.115. The van der Waals surface area contributed by atoms with Crippen molar-refractivity contribution in [2.45, 2.75) is 39.9 Å². The SMILES string of the molecule is CC(C)O[C]([AlH])=C(C=CCl)OC(C)C. The second-order valence-electron chi connectivity index (χ2n) is 3.41. The minimum Gasteiger partial charge on any atom is -0.512 e. The average molecular weight is 232 g/mol. The molecule has 2 nitrogen and oxygen atoms in total. The van der Waals surface area contributed by atoms with Gasteiger partial charge in [-0.3, -0.25) is 0 Å². The van der Waals surface area contributed by atoms with Gasteiger partial charge >= 0.3 is 0 Å². The Kier molecular flexibility index (Phi) is 7.18. The first-order chi connectivity index (χ1) is 6.47. The molecular weight excluding hydrogens is 215 g/mol. The number of hydrogen-bond donors (Lipinski definition) is 0. The van der Waals surface area contributed by atoms with Crippen LogP contribution in [0, 0.1) is 0 Å². The van der Waals surface area contributed by atoms with Crippen LogP contribution in [0.4, 0.5) is 0 Å². The van der Waals surface area contributed by atoms with Crippen LogP contribution in [0.5, 0.6) is 0 Å². The molecule has 0 saturated carbocycles. The van der Waals surface area contributed by atoms with Crippen molar-refractivity contribution in [1.29, 1.82) is 0 Å². The molecule has 0 N–H and O–H groups in total. The largest absolute Gasteiger partial charge is 0.512 e. The van der Waals surface area contributed by atoms with Crippen molar-refractivity contribution >= 4 is 27.9 Å². The zero-order valence-corrected chi connectivity index (χ0v) is 11.4. The smallest absolute Gasteiger partial charge is 0.291 e. The summed E-state index contributed by atoms with van der Waals surface area (Å²) in [6.45, 7) is 7.89. The van der Waals surface area contributed by atoms with Crippen molar-refractivity contribution in [3.8, 4) is 0 Å². The normalized spacial score (nSPS) is 13.6. The van der Waals surface area contributed by atoms with E-state index in [1.54, 1.807) is 22.4 Å². The number of hydrogen-bond acceptors (Lipinski definition) is 2. The van der Waals surface area contributed by atoms with E-state index in [0.717, 1.165) is 4.62 Å². The van der Waals surface area contributed by atoms with E-state index in [-0.39, 0.29) is 12.2 Å². The van der Waals surface area contributed by atoms with Crippen LogP contribution in [-0.2, 0) is 9.47 Å². The van der Waals surface area contributed by atoms with E-state index in [4.69, 9.17) is 21.1 Å². The molecule has 0 amide bonds. The fraction of sp³-hybridized carbons (Fsp3) is 0.600. The van der Waals surface area contributed by atoms with Gasteiger partial charge < -0.3 is 9.47 Å². The lowest BCUT2D eigenvalue weighted by Crippen LogP contribution is -2.09. The van der Waals surface area contributed by atoms with Crippen LogP contribution in [0.2, 0.25) is 0 Å². The third-order valence-corrected chi connectivity index (χ3v) is 1.87. The van der Waals surface area contributed by atoms with Crippen molar-refractivity contribution in [1.82, 2.24) is 0 Å². The Morgan fingerprint density at radius 2 is 1.64 bits per heavy atom. The van der Waals surface area contributed by atoms with E-state index in [0.29, 0.717) is 5.76 Å². The van der Waals surface area contributed by atoms with Gasteiger partial charge in [0.05, 0.1) is 12.2 Å². The van der Waals surface area contributed by atoms with Crippen molar-refractivity contribution in [3.05, 3.63) is 22.0 Å². The van der Waals surface area contributed by atoms with Gasteiger partial charge in [0.25, 0.3) is 16.3 Å². The molecule has 0 atom stereocenters. The molecule has 0 aromatic carbocycles. The Hall–Kier alpha value is -0.0975. The third kappa shape index (κ3) is 6.37. The van der Waals surface area contributed by atoms with Gasteiger partial charge in [0.1, 0.15) is 5.76 Å². The molecule has 0 unspecified atom stereocenters. The quantitative estimate of drug-likeness (QED) is 0.412. The highest BCUT2D eigenvalue weighted by molar-refractivity contribution is 6.25. The van der Waals surface area contributed by atoms with Crippen molar-refractivity contribution < 1.29 is 9.47 Å². The van der Waals surface area contributed by atoms with Gasteiger partial charge in [-0.25, -0.2) is 0 Å². The van der Waals surface area contributed by atoms with Gasteiger partial charge in [0.2, 0.25) is 0 Å². The van der Waals surface area contributed by atoms with E-state index < -0.39 is 0 Å². The number of ether oxygens (including phenoxy) is 2. The standard InChI is InChI=1S/C10H16ClO2.Al.H/c1-8(2)12-7-10(5-6-11)13-9(3)4;;/h5-6,8-9H,1-4H3;;. The molecule has 0 saturated heterocycles. The summed E-state index contributed by atoms with van der Waals surface area (Å²) in [7, 11) is 0. The fourth-order valence-corrected chi connectivity index (χ4v) is 1.50. The van der Waals surface area contributed by atoms with Gasteiger partial charge in [-0.15, -0.1) is 0 Å². The summed E-state index contributed by atoms with van der Waals surface area (Å²) in [5, 5.41) is 0. The molecule has 0 rings (SSSR count). The zero-order valence-electron chi connectivity index (χ0n) is 9.21. The topological polar surface area (TPSA) is 18.5 Å². The van der Waals surface area contributed by atoms with Crippen LogP contribution in [0.15, 0.2) is 22.0 Å². The molecule has 0 aromatic heterocycles. The second-order valence-corrected chi connectivity index (χ2v) is 4.31. The number of rotatable bonds is 5. The molecule has 0 bridgehead atoms. The van der Waals surface area contributed by atoms with Crippen LogP contribution in [0.3, 0.4) is 0 Å². The molecule has 0 spiro atoms. The van der Waals surface area contributed by atoms with Crippen LogP contribution in [0.25, 0.3) is 0 Å². The summed E-state index contributed by atoms with van der Waals surface area (Å²) in [4.78, 5) is 0. The highest BCUT2D eigenvalue weighted by atomic mass is 35.5. The summed E-state index contributed by atoms with van der Waals surface area (Å²) >= 11 is 7.17. The predicted molar refractivity (Wildman–Crippen MR) is 61.6 cm³/mol. The molecule has 0 aliphatic carbocycles. The molecule has 0 aromatic rings. The van der Waals surface area contributed by atoms with Crippen LogP contribution in [-0.4, -0.2) is 28.5 Å². The molecule has 14 heavy (non-hydrogen) atoms. The first-order valence-corrected chi connectivity index (χ1v) is 5.78. The van der Waals surface area contributed by atoms with Crippen LogP contribution >= 0.6 is 11.6 Å². The molecule has 0 aliphatic heterocycles. The van der Waals surface area contributed by atoms with E-state index >= 15 is 0 Å². The maximum atomic E-state index is 5.54. The van der Waals surface area contributed by atoms with Crippen LogP contribution in [0.1, 0.15) is 27.7 Å². The van der Waals surface area contributed by atoms with Crippen molar-refractivity contribution in [2.75, 3.05) is 0 Å². The fourth-order valence-electron chi connectivity index (χ4n) is 0.852. The second kappa shape index (κ2) is 7.23. The lowest BCUT2D eigenvalue weighted by Gasteiger charge is -2.17. The van der Waals surface area contributed by atoms with E-state index in [9.17, 15) is 0 Å². The van der Waals surface area contributed by atoms with Crippen LogP contribution < -0.4 is 0 Å². The molecule has 4 heteroatoms. The zero-order chi connectivity index (χ0) is 11.1. The Balaban J connectivity index is 4.57. The maximum Gasteiger partial charge on any atom is 0.291 e. The molecule has 1 radical (unpaired) electrons. The van der Waals surface area contributed by atoms with Gasteiger partial charge in [-0.1, -0.05) is 11.6 Å². The summed E-state index contributed by atoms with van der Waals surface area (Å²) < 4.78 is 11.8. The highest BCUT2D eigenvalue weighted by Crippen LogP contribution is 2.12. The first kappa shape index (κ1) is 13.9. The summed E-state index contributed by atoms with van der Waals surface area (Å²) in [6.07, 6.45) is 1.97. The summed E-state index contributed by atoms with van der Waals surface area (Å²) in [5.74, 6) is 0.696. The van der Waals surface area contributed by atoms with Gasteiger partial charge in [0.15, 0.2) is 0 Å². The maximum absolute atomic E-state index is 5.54. The van der Waals surface area contributed by atoms with E-state index in [2.05, 4.69) is 0 Å². The highest BCUT2D eigenvalue weighted by Gasteiger charge is 2.04. The first-order valence-electron chi connectivity index (χ1n) is 4.63. The molecule has 0 aliphatic rings. The van der Waals surface area contributed by atoms with Gasteiger partial charge in [-0.2, -0.15) is 0 Å². The molecule has 0 fully saturated rings. The number of halogens is 1. The minimum atomic E-state index is 0.119. The lowest BCUT2D eigenvalue weighted by atomic mass is 10.4. The van der Waals surface area contributed by atoms with Crippen molar-refractivity contribution in [3.63, 3.8) is 0 Å². The Bertz CT molecular complexity index is 222. The molecular formula is C10H17AlClO2. The Morgan fingerprint density at radius 1 is 1.14 bits per heavy atom. The predicted octanol–water partition coefficient (Wildman–Crippen LogP) is 2.66. The van der Waals surface area contributed by atoms with E-state index in [1.165, 1.54) is 5.54 Å². The van der Waals surface area contributed by atoms with Gasteiger partial charge in [0, 0.05) is 10.2 Å².